The lowest BCUT2D eigenvalue weighted by molar-refractivity contribution is 0.0344. The fourth-order valence-corrected chi connectivity index (χ4v) is 3.19. The first-order chi connectivity index (χ1) is 12.6. The summed E-state index contributed by atoms with van der Waals surface area (Å²) in [7, 11) is 0. The van der Waals surface area contributed by atoms with Crippen LogP contribution in [0.3, 0.4) is 0 Å². The number of rotatable bonds is 5. The average molecular weight is 373 g/mol. The van der Waals surface area contributed by atoms with Gasteiger partial charge in [-0.25, -0.2) is 4.39 Å². The summed E-state index contributed by atoms with van der Waals surface area (Å²) in [6, 6.07) is 14.7. The summed E-state index contributed by atoms with van der Waals surface area (Å²) in [5, 5.41) is 7.06. The monoisotopic (exact) mass is 373 g/mol. The first kappa shape index (κ1) is 18.8. The van der Waals surface area contributed by atoms with Crippen molar-refractivity contribution < 1.29 is 9.13 Å². The molecule has 0 aliphatic carbocycles. The van der Waals surface area contributed by atoms with Crippen LogP contribution in [0.25, 0.3) is 0 Å². The Kier molecular flexibility index (Phi) is 6.55. The van der Waals surface area contributed by atoms with Crippen LogP contribution < -0.4 is 10.6 Å². The quantitative estimate of drug-likeness (QED) is 0.785. The summed E-state index contributed by atoms with van der Waals surface area (Å²) >= 11 is 5.48. The number of hydrogen-bond acceptors (Lipinski definition) is 3. The first-order valence-electron chi connectivity index (χ1n) is 8.80. The van der Waals surface area contributed by atoms with Crippen LogP contribution in [0.15, 0.2) is 48.5 Å². The Labute approximate surface area is 159 Å². The van der Waals surface area contributed by atoms with Gasteiger partial charge in [0.15, 0.2) is 5.11 Å². The number of aryl methyl sites for hydroxylation is 1. The molecule has 1 aliphatic heterocycles. The molecule has 1 saturated heterocycles. The van der Waals surface area contributed by atoms with E-state index in [1.54, 1.807) is 12.1 Å². The minimum Gasteiger partial charge on any atom is -0.379 e. The molecular formula is C20H24FN3OS. The molecule has 1 fully saturated rings. The van der Waals surface area contributed by atoms with Crippen molar-refractivity contribution in [2.45, 2.75) is 13.0 Å². The van der Waals surface area contributed by atoms with E-state index in [4.69, 9.17) is 17.0 Å². The van der Waals surface area contributed by atoms with Gasteiger partial charge in [0.05, 0.1) is 19.3 Å². The summed E-state index contributed by atoms with van der Waals surface area (Å²) in [6.45, 7) is 6.29. The molecular weight excluding hydrogens is 349 g/mol. The van der Waals surface area contributed by atoms with E-state index in [0.717, 1.165) is 38.5 Å². The van der Waals surface area contributed by atoms with Gasteiger partial charge in [-0.05, 0) is 49.0 Å². The summed E-state index contributed by atoms with van der Waals surface area (Å²) in [5.74, 6) is -0.265. The Morgan fingerprint density at radius 1 is 1.12 bits per heavy atom. The smallest absolute Gasteiger partial charge is 0.171 e. The number of halogens is 1. The van der Waals surface area contributed by atoms with Crippen molar-refractivity contribution in [2.24, 2.45) is 0 Å². The van der Waals surface area contributed by atoms with E-state index in [-0.39, 0.29) is 11.9 Å². The van der Waals surface area contributed by atoms with Crippen molar-refractivity contribution in [3.8, 4) is 0 Å². The highest BCUT2D eigenvalue weighted by Crippen LogP contribution is 2.17. The lowest BCUT2D eigenvalue weighted by atomic mass is 10.0. The van der Waals surface area contributed by atoms with Gasteiger partial charge < -0.3 is 15.4 Å². The molecule has 0 spiro atoms. The number of thiocarbonyl (C=S) groups is 1. The third-order valence-electron chi connectivity index (χ3n) is 4.43. The standard InChI is InChI=1S/C20H24FN3OS/c1-15-2-4-16(5-3-15)19(14-24-10-12-25-13-11-24)23-20(26)22-18-8-6-17(21)7-9-18/h2-9,19H,10-14H2,1H3,(H2,22,23,26)/t19-/m0/s1. The highest BCUT2D eigenvalue weighted by molar-refractivity contribution is 7.80. The predicted octanol–water partition coefficient (Wildman–Crippen LogP) is 3.49. The van der Waals surface area contributed by atoms with Crippen LogP contribution in [0.2, 0.25) is 0 Å². The number of ether oxygens (including phenoxy) is 1. The molecule has 0 aromatic heterocycles. The first-order valence-corrected chi connectivity index (χ1v) is 9.21. The van der Waals surface area contributed by atoms with Crippen LogP contribution in [0.5, 0.6) is 0 Å². The number of nitrogens with one attached hydrogen (secondary N) is 2. The van der Waals surface area contributed by atoms with Crippen LogP contribution in [0.4, 0.5) is 10.1 Å². The fraction of sp³-hybridized carbons (Fsp3) is 0.350. The molecule has 2 N–H and O–H groups in total. The SMILES string of the molecule is Cc1ccc([C@H](CN2CCOCC2)NC(=S)Nc2ccc(F)cc2)cc1. The van der Waals surface area contributed by atoms with E-state index in [1.165, 1.54) is 23.3 Å². The molecule has 0 amide bonds. The highest BCUT2D eigenvalue weighted by Gasteiger charge is 2.19. The summed E-state index contributed by atoms with van der Waals surface area (Å²) in [4.78, 5) is 2.38. The maximum Gasteiger partial charge on any atom is 0.171 e. The van der Waals surface area contributed by atoms with Crippen LogP contribution in [0.1, 0.15) is 17.2 Å². The van der Waals surface area contributed by atoms with Crippen LogP contribution in [-0.4, -0.2) is 42.9 Å². The van der Waals surface area contributed by atoms with Gasteiger partial charge in [-0.1, -0.05) is 29.8 Å². The van der Waals surface area contributed by atoms with Gasteiger partial charge >= 0.3 is 0 Å². The molecule has 1 heterocycles. The molecule has 3 rings (SSSR count). The average Bonchev–Trinajstić information content (AvgIpc) is 2.65. The summed E-state index contributed by atoms with van der Waals surface area (Å²) in [5.41, 5.74) is 3.18. The van der Waals surface area contributed by atoms with Crippen LogP contribution >= 0.6 is 12.2 Å². The number of benzene rings is 2. The fourth-order valence-electron chi connectivity index (χ4n) is 2.93. The van der Waals surface area contributed by atoms with Gasteiger partial charge in [0.25, 0.3) is 0 Å². The zero-order valence-electron chi connectivity index (χ0n) is 14.9. The molecule has 0 bridgehead atoms. The molecule has 6 heteroatoms. The van der Waals surface area contributed by atoms with Crippen molar-refractivity contribution >= 4 is 23.0 Å². The molecule has 0 unspecified atom stereocenters. The van der Waals surface area contributed by atoms with E-state index >= 15 is 0 Å². The largest absolute Gasteiger partial charge is 0.379 e. The van der Waals surface area contributed by atoms with Crippen LogP contribution in [-0.2, 0) is 4.74 Å². The second-order valence-electron chi connectivity index (χ2n) is 6.48. The van der Waals surface area contributed by atoms with Crippen molar-refractivity contribution in [1.82, 2.24) is 10.2 Å². The van der Waals surface area contributed by atoms with Gasteiger partial charge in [0.1, 0.15) is 5.82 Å². The van der Waals surface area contributed by atoms with Crippen molar-refractivity contribution in [3.05, 3.63) is 65.5 Å². The van der Waals surface area contributed by atoms with E-state index < -0.39 is 0 Å². The van der Waals surface area contributed by atoms with Gasteiger partial charge in [-0.2, -0.15) is 0 Å². The Hall–Kier alpha value is -2.02. The van der Waals surface area contributed by atoms with E-state index in [9.17, 15) is 4.39 Å². The molecule has 26 heavy (non-hydrogen) atoms. The number of anilines is 1. The lowest BCUT2D eigenvalue weighted by Gasteiger charge is -2.31. The molecule has 0 radical (unpaired) electrons. The maximum atomic E-state index is 13.1. The lowest BCUT2D eigenvalue weighted by Crippen LogP contribution is -2.44. The normalized spacial score (nSPS) is 16.1. The van der Waals surface area contributed by atoms with Gasteiger partial charge in [0.2, 0.25) is 0 Å². The van der Waals surface area contributed by atoms with E-state index in [2.05, 4.69) is 46.7 Å². The molecule has 0 saturated carbocycles. The second-order valence-corrected chi connectivity index (χ2v) is 6.89. The van der Waals surface area contributed by atoms with Crippen molar-refractivity contribution in [2.75, 3.05) is 38.2 Å². The van der Waals surface area contributed by atoms with Gasteiger partial charge in [0, 0.05) is 25.3 Å². The summed E-state index contributed by atoms with van der Waals surface area (Å²) in [6.07, 6.45) is 0. The molecule has 4 nitrogen and oxygen atoms in total. The third-order valence-corrected chi connectivity index (χ3v) is 4.65. The molecule has 2 aromatic rings. The van der Waals surface area contributed by atoms with Gasteiger partial charge in [-0.3, -0.25) is 4.90 Å². The number of nitrogens with zero attached hydrogens (tertiary/aromatic N) is 1. The Balaban J connectivity index is 1.68. The number of morpholine rings is 1. The Bertz CT molecular complexity index is 715. The Morgan fingerprint density at radius 3 is 2.42 bits per heavy atom. The minimum absolute atomic E-state index is 0.0640. The third kappa shape index (κ3) is 5.49. The van der Waals surface area contributed by atoms with E-state index in [1.807, 2.05) is 0 Å². The molecule has 2 aromatic carbocycles. The molecule has 1 atom stereocenters. The molecule has 138 valence electrons. The highest BCUT2D eigenvalue weighted by atomic mass is 32.1. The summed E-state index contributed by atoms with van der Waals surface area (Å²) < 4.78 is 18.5. The Morgan fingerprint density at radius 2 is 1.77 bits per heavy atom. The predicted molar refractivity (Wildman–Crippen MR) is 107 cm³/mol. The zero-order valence-corrected chi connectivity index (χ0v) is 15.7. The molecule has 1 aliphatic rings. The van der Waals surface area contributed by atoms with E-state index in [0.29, 0.717) is 5.11 Å². The number of hydrogen-bond donors (Lipinski definition) is 2. The van der Waals surface area contributed by atoms with Crippen LogP contribution in [0, 0.1) is 12.7 Å². The second kappa shape index (κ2) is 9.07. The maximum absolute atomic E-state index is 13.1. The topological polar surface area (TPSA) is 36.5 Å². The van der Waals surface area contributed by atoms with Gasteiger partial charge in [-0.15, -0.1) is 0 Å². The van der Waals surface area contributed by atoms with Crippen molar-refractivity contribution in [1.29, 1.82) is 0 Å². The zero-order chi connectivity index (χ0) is 18.4. The van der Waals surface area contributed by atoms with Crippen molar-refractivity contribution in [3.63, 3.8) is 0 Å². The minimum atomic E-state index is -0.265.